The highest BCUT2D eigenvalue weighted by Gasteiger charge is 2.18. The van der Waals surface area contributed by atoms with E-state index < -0.39 is 0 Å². The zero-order valence-electron chi connectivity index (χ0n) is 21.6. The Labute approximate surface area is 219 Å². The van der Waals surface area contributed by atoms with Gasteiger partial charge in [-0.15, -0.1) is 0 Å². The van der Waals surface area contributed by atoms with Crippen LogP contribution in [-0.2, 0) is 6.54 Å². The van der Waals surface area contributed by atoms with Crippen molar-refractivity contribution >= 4 is 28.6 Å². The van der Waals surface area contributed by atoms with Crippen LogP contribution in [0.5, 0.6) is 0 Å². The standard InChI is InChI=1S/C28H39ClN6O/c1-3-34(4-2)16-8-7-15-31-28-32-20-22-18-24(23-11-5-6-12-25(23)29)27(36)35(26(22)33-28)17-13-21-10-9-14-30-19-21/h5-6,11-12,18,20-21,30H,3-4,7-10,13-17,19H2,1-2H3,(H,31,32,33). The zero-order valence-corrected chi connectivity index (χ0v) is 22.4. The van der Waals surface area contributed by atoms with Crippen LogP contribution in [-0.4, -0.2) is 58.7 Å². The van der Waals surface area contributed by atoms with E-state index in [1.165, 1.54) is 12.8 Å². The van der Waals surface area contributed by atoms with Gasteiger partial charge in [0.2, 0.25) is 5.95 Å². The smallest absolute Gasteiger partial charge is 0.260 e. The third kappa shape index (κ3) is 6.64. The molecule has 7 nitrogen and oxygen atoms in total. The Hall–Kier alpha value is -2.48. The number of aryl methyl sites for hydroxylation is 1. The highest BCUT2D eigenvalue weighted by atomic mass is 35.5. The van der Waals surface area contributed by atoms with Gasteiger partial charge in [0.1, 0.15) is 5.65 Å². The number of unbranched alkanes of at least 4 members (excludes halogenated alkanes) is 1. The summed E-state index contributed by atoms with van der Waals surface area (Å²) in [7, 11) is 0. The molecule has 0 bridgehead atoms. The SMILES string of the molecule is CCN(CC)CCCCNc1ncc2cc(-c3ccccc3Cl)c(=O)n(CCC3CCCNC3)c2n1. The molecule has 0 saturated carbocycles. The molecule has 1 aromatic carbocycles. The summed E-state index contributed by atoms with van der Waals surface area (Å²) in [6.07, 6.45) is 7.31. The normalized spacial score (nSPS) is 16.1. The lowest BCUT2D eigenvalue weighted by Crippen LogP contribution is -2.31. The molecule has 0 amide bonds. The molecule has 194 valence electrons. The number of piperidine rings is 1. The fraction of sp³-hybridized carbons (Fsp3) is 0.536. The second-order valence-corrected chi connectivity index (χ2v) is 10.0. The number of fused-ring (bicyclic) bond motifs is 1. The van der Waals surface area contributed by atoms with Crippen LogP contribution in [0.15, 0.2) is 41.3 Å². The van der Waals surface area contributed by atoms with Crippen molar-refractivity contribution in [3.63, 3.8) is 0 Å². The number of rotatable bonds is 12. The van der Waals surface area contributed by atoms with Crippen molar-refractivity contribution in [2.75, 3.05) is 44.6 Å². The van der Waals surface area contributed by atoms with Gasteiger partial charge >= 0.3 is 0 Å². The number of hydrogen-bond donors (Lipinski definition) is 2. The van der Waals surface area contributed by atoms with Gasteiger partial charge in [0, 0.05) is 40.8 Å². The Bertz CT molecular complexity index is 1190. The minimum Gasteiger partial charge on any atom is -0.354 e. The predicted octanol–water partition coefficient (Wildman–Crippen LogP) is 5.04. The summed E-state index contributed by atoms with van der Waals surface area (Å²) >= 11 is 6.48. The molecule has 1 aliphatic rings. The van der Waals surface area contributed by atoms with Crippen molar-refractivity contribution in [3.05, 3.63) is 51.9 Å². The highest BCUT2D eigenvalue weighted by molar-refractivity contribution is 6.33. The highest BCUT2D eigenvalue weighted by Crippen LogP contribution is 2.27. The lowest BCUT2D eigenvalue weighted by atomic mass is 9.96. The molecule has 1 saturated heterocycles. The van der Waals surface area contributed by atoms with Crippen molar-refractivity contribution in [1.29, 1.82) is 0 Å². The fourth-order valence-electron chi connectivity index (χ4n) is 5.01. The van der Waals surface area contributed by atoms with Crippen molar-refractivity contribution in [2.45, 2.75) is 52.5 Å². The molecule has 1 fully saturated rings. The molecule has 2 aromatic heterocycles. The Kier molecular flexibility index (Phi) is 9.73. The van der Waals surface area contributed by atoms with Crippen LogP contribution in [0.1, 0.15) is 46.0 Å². The largest absolute Gasteiger partial charge is 0.354 e. The van der Waals surface area contributed by atoms with E-state index in [-0.39, 0.29) is 5.56 Å². The molecule has 1 unspecified atom stereocenters. The van der Waals surface area contributed by atoms with Crippen LogP contribution in [0.25, 0.3) is 22.2 Å². The number of anilines is 1. The Balaban J connectivity index is 1.58. The summed E-state index contributed by atoms with van der Waals surface area (Å²) < 4.78 is 1.83. The van der Waals surface area contributed by atoms with Crippen molar-refractivity contribution < 1.29 is 0 Å². The molecular weight excluding hydrogens is 472 g/mol. The first kappa shape index (κ1) is 26.6. The molecule has 0 radical (unpaired) electrons. The number of nitrogens with one attached hydrogen (secondary N) is 2. The van der Waals surface area contributed by atoms with E-state index in [0.717, 1.165) is 69.5 Å². The summed E-state index contributed by atoms with van der Waals surface area (Å²) in [5.41, 5.74) is 1.97. The number of benzene rings is 1. The zero-order chi connectivity index (χ0) is 25.3. The average molecular weight is 511 g/mol. The third-order valence-electron chi connectivity index (χ3n) is 7.23. The summed E-state index contributed by atoms with van der Waals surface area (Å²) in [6, 6.07) is 9.39. The number of nitrogens with zero attached hydrogens (tertiary/aromatic N) is 4. The Morgan fingerprint density at radius 2 is 2.03 bits per heavy atom. The quantitative estimate of drug-likeness (QED) is 0.333. The van der Waals surface area contributed by atoms with E-state index in [0.29, 0.717) is 34.6 Å². The van der Waals surface area contributed by atoms with Crippen LogP contribution in [0.2, 0.25) is 5.02 Å². The molecule has 0 aliphatic carbocycles. The van der Waals surface area contributed by atoms with E-state index in [1.807, 2.05) is 41.1 Å². The number of pyridine rings is 1. The molecule has 1 atom stereocenters. The van der Waals surface area contributed by atoms with Gasteiger partial charge in [-0.05, 0) is 82.9 Å². The van der Waals surface area contributed by atoms with E-state index in [1.54, 1.807) is 0 Å². The molecule has 8 heteroatoms. The van der Waals surface area contributed by atoms with Crippen molar-refractivity contribution in [3.8, 4) is 11.1 Å². The summed E-state index contributed by atoms with van der Waals surface area (Å²) in [4.78, 5) is 25.5. The second kappa shape index (κ2) is 13.2. The molecule has 1 aliphatic heterocycles. The third-order valence-corrected chi connectivity index (χ3v) is 7.56. The molecule has 3 heterocycles. The molecule has 4 rings (SSSR count). The molecule has 36 heavy (non-hydrogen) atoms. The van der Waals surface area contributed by atoms with Crippen LogP contribution in [0.4, 0.5) is 5.95 Å². The lowest BCUT2D eigenvalue weighted by Gasteiger charge is -2.23. The Morgan fingerprint density at radius 1 is 1.19 bits per heavy atom. The van der Waals surface area contributed by atoms with Gasteiger partial charge in [0.05, 0.1) is 0 Å². The maximum Gasteiger partial charge on any atom is 0.260 e. The van der Waals surface area contributed by atoms with E-state index in [2.05, 4.69) is 34.4 Å². The first-order valence-electron chi connectivity index (χ1n) is 13.4. The van der Waals surface area contributed by atoms with Crippen molar-refractivity contribution in [1.82, 2.24) is 24.8 Å². The fourth-order valence-corrected chi connectivity index (χ4v) is 5.24. The molecule has 3 aromatic rings. The van der Waals surface area contributed by atoms with Gasteiger partial charge in [-0.1, -0.05) is 43.6 Å². The number of aromatic nitrogens is 3. The minimum absolute atomic E-state index is 0.0526. The van der Waals surface area contributed by atoms with Crippen LogP contribution in [0.3, 0.4) is 0 Å². The minimum atomic E-state index is -0.0526. The van der Waals surface area contributed by atoms with Crippen molar-refractivity contribution in [2.24, 2.45) is 5.92 Å². The van der Waals surface area contributed by atoms with E-state index >= 15 is 0 Å². The summed E-state index contributed by atoms with van der Waals surface area (Å²) in [5.74, 6) is 1.14. The predicted molar refractivity (Wildman–Crippen MR) is 150 cm³/mol. The number of hydrogen-bond acceptors (Lipinski definition) is 6. The van der Waals surface area contributed by atoms with E-state index in [9.17, 15) is 4.79 Å². The van der Waals surface area contributed by atoms with Gasteiger partial charge in [0.25, 0.3) is 5.56 Å². The number of halogens is 1. The molecule has 0 spiro atoms. The first-order chi connectivity index (χ1) is 17.6. The second-order valence-electron chi connectivity index (χ2n) is 9.63. The van der Waals surface area contributed by atoms with Gasteiger partial charge in [-0.3, -0.25) is 9.36 Å². The lowest BCUT2D eigenvalue weighted by molar-refractivity contribution is 0.298. The van der Waals surface area contributed by atoms with Crippen LogP contribution in [0, 0.1) is 5.92 Å². The molecule has 2 N–H and O–H groups in total. The average Bonchev–Trinajstić information content (AvgIpc) is 2.91. The van der Waals surface area contributed by atoms with E-state index in [4.69, 9.17) is 16.6 Å². The van der Waals surface area contributed by atoms with Gasteiger partial charge < -0.3 is 15.5 Å². The van der Waals surface area contributed by atoms with Gasteiger partial charge in [-0.25, -0.2) is 4.98 Å². The first-order valence-corrected chi connectivity index (χ1v) is 13.8. The monoisotopic (exact) mass is 510 g/mol. The maximum atomic E-state index is 13.7. The Morgan fingerprint density at radius 3 is 2.78 bits per heavy atom. The summed E-state index contributed by atoms with van der Waals surface area (Å²) in [5, 5.41) is 8.26. The molecular formula is C28H39ClN6O. The van der Waals surface area contributed by atoms with Gasteiger partial charge in [0.15, 0.2) is 0 Å². The maximum absolute atomic E-state index is 13.7. The van der Waals surface area contributed by atoms with Gasteiger partial charge in [-0.2, -0.15) is 4.98 Å². The summed E-state index contributed by atoms with van der Waals surface area (Å²) in [6.45, 7) is 11.2. The topological polar surface area (TPSA) is 75.1 Å². The van der Waals surface area contributed by atoms with Crippen LogP contribution >= 0.6 is 11.6 Å². The van der Waals surface area contributed by atoms with Crippen LogP contribution < -0.4 is 16.2 Å².